The van der Waals surface area contributed by atoms with Gasteiger partial charge >= 0.3 is 27.3 Å². The molecule has 0 bridgehead atoms. The van der Waals surface area contributed by atoms with Gasteiger partial charge < -0.3 is 30.0 Å². The molecule has 0 aromatic rings. The molecule has 0 aromatic carbocycles. The molecule has 0 aliphatic rings. The Morgan fingerprint density at radius 2 is 1.45 bits per heavy atom. The zero-order valence-electron chi connectivity index (χ0n) is 9.61. The summed E-state index contributed by atoms with van der Waals surface area (Å²) in [5.74, 6) is -2.33. The molecule has 0 radical (unpaired) electrons. The molecule has 14 heteroatoms. The van der Waals surface area contributed by atoms with Crippen LogP contribution in [0.3, 0.4) is 0 Å². The second-order valence-corrected chi connectivity index (χ2v) is 7.73. The van der Waals surface area contributed by atoms with E-state index in [1.54, 1.807) is 0 Å². The minimum absolute atomic E-state index is 0.700. The van der Waals surface area contributed by atoms with Crippen molar-refractivity contribution in [2.45, 2.75) is 24.1 Å². The fraction of sp³-hybridized carbons (Fsp3) is 0.833. The summed E-state index contributed by atoms with van der Waals surface area (Å²) in [4.78, 5) is 45.2. The van der Waals surface area contributed by atoms with Gasteiger partial charge in [0.1, 0.15) is 0 Å². The topological polar surface area (TPSA) is 164 Å². The summed E-state index contributed by atoms with van der Waals surface area (Å²) in [5.41, 5.74) is 0. The molecule has 0 saturated carbocycles. The smallest absolute Gasteiger partial charge is 0.368 e. The van der Waals surface area contributed by atoms with Crippen molar-refractivity contribution in [1.82, 2.24) is 5.32 Å². The Morgan fingerprint density at radius 1 is 1.05 bits per heavy atom. The fourth-order valence-corrected chi connectivity index (χ4v) is 3.35. The van der Waals surface area contributed by atoms with Gasteiger partial charge in [0.05, 0.1) is 0 Å². The number of aliphatic hydroxyl groups is 1. The van der Waals surface area contributed by atoms with E-state index in [9.17, 15) is 32.2 Å². The Labute approximate surface area is 110 Å². The summed E-state index contributed by atoms with van der Waals surface area (Å²) in [7, 11) is -11.3. The van der Waals surface area contributed by atoms with Crippen LogP contribution in [-0.2, 0) is 13.9 Å². The number of hydrogen-bond acceptors (Lipinski definition) is 4. The van der Waals surface area contributed by atoms with Crippen molar-refractivity contribution in [3.8, 4) is 0 Å². The van der Waals surface area contributed by atoms with E-state index in [-0.39, 0.29) is 0 Å². The van der Waals surface area contributed by atoms with Gasteiger partial charge in [0, 0.05) is 13.0 Å². The molecule has 9 nitrogen and oxygen atoms in total. The highest BCUT2D eigenvalue weighted by molar-refractivity contribution is 7.72. The molecular formula is C6H12F3NO8P2. The van der Waals surface area contributed by atoms with Crippen LogP contribution in [-0.4, -0.2) is 48.4 Å². The molecule has 1 amide bonds. The van der Waals surface area contributed by atoms with E-state index in [0.717, 1.165) is 0 Å². The van der Waals surface area contributed by atoms with Gasteiger partial charge in [0.15, 0.2) is 0 Å². The molecule has 0 heterocycles. The molecule has 0 unspecified atom stereocenters. The summed E-state index contributed by atoms with van der Waals surface area (Å²) in [6, 6.07) is 0. The molecule has 0 aliphatic heterocycles. The van der Waals surface area contributed by atoms with E-state index >= 15 is 0 Å². The Hall–Kier alpha value is -0.480. The van der Waals surface area contributed by atoms with Crippen molar-refractivity contribution in [3.05, 3.63) is 0 Å². The predicted octanol–water partition coefficient (Wildman–Crippen LogP) is -0.553. The van der Waals surface area contributed by atoms with E-state index < -0.39 is 51.7 Å². The Bertz CT molecular complexity index is 432. The van der Waals surface area contributed by atoms with Crippen LogP contribution >= 0.6 is 15.2 Å². The molecule has 0 aromatic heterocycles. The second-order valence-electron chi connectivity index (χ2n) is 3.72. The number of nitrogens with one attached hydrogen (secondary N) is 1. The first-order valence-electron chi connectivity index (χ1n) is 4.81. The van der Waals surface area contributed by atoms with E-state index in [1.165, 1.54) is 5.32 Å². The van der Waals surface area contributed by atoms with Crippen LogP contribution in [0.15, 0.2) is 0 Å². The summed E-state index contributed by atoms with van der Waals surface area (Å²) in [6.07, 6.45) is -7.07. The standard InChI is InChI=1S/C6H12F3NO8P2/c7-6(8,9)4(11)10-3-1-2-5(12,19(13,14)15)20(16,17)18/h12H,1-3H2,(H,10,11)(H2,13,14,15)(H2,16,17,18). The molecule has 0 atom stereocenters. The second kappa shape index (κ2) is 6.10. The van der Waals surface area contributed by atoms with Crippen LogP contribution < -0.4 is 5.32 Å². The summed E-state index contributed by atoms with van der Waals surface area (Å²) in [5, 5.41) is 6.96. The summed E-state index contributed by atoms with van der Waals surface area (Å²) in [6.45, 7) is -0.791. The lowest BCUT2D eigenvalue weighted by Crippen LogP contribution is -2.38. The highest BCUT2D eigenvalue weighted by Crippen LogP contribution is 2.69. The van der Waals surface area contributed by atoms with Gasteiger partial charge in [-0.05, 0) is 6.42 Å². The van der Waals surface area contributed by atoms with Crippen LogP contribution in [0.25, 0.3) is 0 Å². The van der Waals surface area contributed by atoms with Gasteiger partial charge in [0.2, 0.25) is 0 Å². The minimum Gasteiger partial charge on any atom is -0.368 e. The Kier molecular flexibility index (Phi) is 5.96. The first kappa shape index (κ1) is 19.5. The average molecular weight is 345 g/mol. The van der Waals surface area contributed by atoms with Gasteiger partial charge in [0.25, 0.3) is 5.08 Å². The quantitative estimate of drug-likeness (QED) is 0.276. The predicted molar refractivity (Wildman–Crippen MR) is 57.3 cm³/mol. The highest BCUT2D eigenvalue weighted by atomic mass is 31.2. The van der Waals surface area contributed by atoms with E-state index in [2.05, 4.69) is 0 Å². The van der Waals surface area contributed by atoms with Gasteiger partial charge in [-0.15, -0.1) is 0 Å². The summed E-state index contributed by atoms with van der Waals surface area (Å²) < 4.78 is 57.1. The number of hydrogen-bond donors (Lipinski definition) is 6. The van der Waals surface area contributed by atoms with Crippen LogP contribution in [0.5, 0.6) is 0 Å². The van der Waals surface area contributed by atoms with Gasteiger partial charge in [-0.1, -0.05) is 0 Å². The van der Waals surface area contributed by atoms with E-state index in [4.69, 9.17) is 19.6 Å². The number of carbonyl (C=O) groups excluding carboxylic acids is 1. The number of halogens is 3. The van der Waals surface area contributed by atoms with Gasteiger partial charge in [-0.2, -0.15) is 13.2 Å². The first-order valence-corrected chi connectivity index (χ1v) is 8.04. The lowest BCUT2D eigenvalue weighted by Gasteiger charge is -2.29. The lowest BCUT2D eigenvalue weighted by molar-refractivity contribution is -0.173. The Balaban J connectivity index is 4.67. The molecule has 0 fully saturated rings. The SMILES string of the molecule is O=C(NCCCC(O)(P(=O)(O)O)P(=O)(O)O)C(F)(F)F. The van der Waals surface area contributed by atoms with Crippen molar-refractivity contribution in [1.29, 1.82) is 0 Å². The zero-order chi connectivity index (χ0) is 16.4. The number of rotatable bonds is 6. The van der Waals surface area contributed by atoms with Crippen molar-refractivity contribution >= 4 is 21.1 Å². The van der Waals surface area contributed by atoms with Crippen molar-refractivity contribution in [2.24, 2.45) is 0 Å². The Morgan fingerprint density at radius 3 is 1.75 bits per heavy atom. The lowest BCUT2D eigenvalue weighted by atomic mass is 10.3. The third-order valence-corrected chi connectivity index (χ3v) is 6.04. The maximum atomic E-state index is 11.8. The molecule has 120 valence electrons. The molecule has 0 saturated heterocycles. The van der Waals surface area contributed by atoms with Crippen LogP contribution in [0.2, 0.25) is 0 Å². The van der Waals surface area contributed by atoms with Gasteiger partial charge in [-0.3, -0.25) is 13.9 Å². The van der Waals surface area contributed by atoms with Crippen LogP contribution in [0, 0.1) is 0 Å². The van der Waals surface area contributed by atoms with Gasteiger partial charge in [-0.25, -0.2) is 0 Å². The average Bonchev–Trinajstić information content (AvgIpc) is 2.18. The van der Waals surface area contributed by atoms with Crippen LogP contribution in [0.4, 0.5) is 13.2 Å². The van der Waals surface area contributed by atoms with Crippen molar-refractivity contribution < 1.29 is 51.8 Å². The van der Waals surface area contributed by atoms with Crippen LogP contribution in [0.1, 0.15) is 12.8 Å². The van der Waals surface area contributed by atoms with Crippen molar-refractivity contribution in [2.75, 3.05) is 6.54 Å². The van der Waals surface area contributed by atoms with E-state index in [0.29, 0.717) is 0 Å². The monoisotopic (exact) mass is 345 g/mol. The third kappa shape index (κ3) is 4.81. The summed E-state index contributed by atoms with van der Waals surface area (Å²) >= 11 is 0. The fourth-order valence-electron chi connectivity index (χ4n) is 1.09. The normalized spacial score (nSPS) is 14.2. The first-order chi connectivity index (χ1) is 8.63. The third-order valence-electron chi connectivity index (χ3n) is 2.16. The van der Waals surface area contributed by atoms with E-state index in [1.807, 2.05) is 0 Å². The zero-order valence-corrected chi connectivity index (χ0v) is 11.4. The molecule has 0 rings (SSSR count). The minimum atomic E-state index is -5.65. The molecule has 6 N–H and O–H groups in total. The number of carbonyl (C=O) groups is 1. The number of amides is 1. The molecular weight excluding hydrogens is 333 g/mol. The number of alkyl halides is 3. The molecule has 0 aliphatic carbocycles. The maximum Gasteiger partial charge on any atom is 0.471 e. The van der Waals surface area contributed by atoms with Crippen molar-refractivity contribution in [3.63, 3.8) is 0 Å². The molecule has 20 heavy (non-hydrogen) atoms. The maximum absolute atomic E-state index is 11.8. The largest absolute Gasteiger partial charge is 0.471 e. The highest BCUT2D eigenvalue weighted by Gasteiger charge is 2.58. The molecule has 0 spiro atoms.